The van der Waals surface area contributed by atoms with Gasteiger partial charge in [-0.25, -0.2) is 0 Å². The van der Waals surface area contributed by atoms with Crippen molar-refractivity contribution >= 4 is 5.91 Å². The lowest BCUT2D eigenvalue weighted by Gasteiger charge is -2.34. The molecule has 0 aromatic rings. The standard InChI is InChI=1S/C18H28N4O/c23-18(19-11-13-7-8-13)16-5-2-6-17(21-16)22-10-9-14-3-1-4-15(12-22)20-14/h2,5-6,13-15,17,20-21H,1,3-4,7-12H2,(H,19,23). The average molecular weight is 316 g/mol. The third kappa shape index (κ3) is 3.78. The summed E-state index contributed by atoms with van der Waals surface area (Å²) in [4.78, 5) is 14.8. The quantitative estimate of drug-likeness (QED) is 0.727. The van der Waals surface area contributed by atoms with Crippen LogP contribution in [0.25, 0.3) is 0 Å². The first-order chi connectivity index (χ1) is 11.3. The summed E-state index contributed by atoms with van der Waals surface area (Å²) in [6, 6.07) is 1.28. The third-order valence-electron chi connectivity index (χ3n) is 5.54. The van der Waals surface area contributed by atoms with Gasteiger partial charge in [0.05, 0.1) is 6.17 Å². The van der Waals surface area contributed by atoms with Crippen molar-refractivity contribution in [3.63, 3.8) is 0 Å². The molecule has 23 heavy (non-hydrogen) atoms. The number of dihydropyridines is 1. The van der Waals surface area contributed by atoms with Gasteiger partial charge in [-0.05, 0) is 50.2 Å². The van der Waals surface area contributed by atoms with E-state index in [1.807, 2.05) is 12.2 Å². The smallest absolute Gasteiger partial charge is 0.267 e. The molecule has 2 bridgehead atoms. The van der Waals surface area contributed by atoms with E-state index in [0.717, 1.165) is 19.6 Å². The van der Waals surface area contributed by atoms with Crippen molar-refractivity contribution in [2.45, 2.75) is 56.8 Å². The summed E-state index contributed by atoms with van der Waals surface area (Å²) in [6.45, 7) is 2.98. The van der Waals surface area contributed by atoms with Gasteiger partial charge in [-0.15, -0.1) is 0 Å². The Labute approximate surface area is 138 Å². The van der Waals surface area contributed by atoms with Crippen molar-refractivity contribution in [2.24, 2.45) is 5.92 Å². The second-order valence-corrected chi connectivity index (χ2v) is 7.48. The van der Waals surface area contributed by atoms with Crippen molar-refractivity contribution in [3.05, 3.63) is 23.9 Å². The molecule has 3 N–H and O–H groups in total. The van der Waals surface area contributed by atoms with Crippen LogP contribution in [0.15, 0.2) is 23.9 Å². The van der Waals surface area contributed by atoms with E-state index in [1.54, 1.807) is 0 Å². The number of allylic oxidation sites excluding steroid dienone is 2. The van der Waals surface area contributed by atoms with Gasteiger partial charge in [0.2, 0.25) is 0 Å². The van der Waals surface area contributed by atoms with Gasteiger partial charge in [0.1, 0.15) is 5.70 Å². The predicted molar refractivity (Wildman–Crippen MR) is 90.6 cm³/mol. The Bertz CT molecular complexity index is 511. The second-order valence-electron chi connectivity index (χ2n) is 7.48. The highest BCUT2D eigenvalue weighted by Gasteiger charge is 2.31. The van der Waals surface area contributed by atoms with E-state index in [0.29, 0.717) is 23.7 Å². The van der Waals surface area contributed by atoms with Gasteiger partial charge in [-0.1, -0.05) is 12.5 Å². The Hall–Kier alpha value is -1.33. The molecule has 3 heterocycles. The maximum absolute atomic E-state index is 12.3. The van der Waals surface area contributed by atoms with Crippen LogP contribution in [0, 0.1) is 5.92 Å². The zero-order valence-corrected chi connectivity index (χ0v) is 13.8. The van der Waals surface area contributed by atoms with Gasteiger partial charge < -0.3 is 16.0 Å². The maximum atomic E-state index is 12.3. The van der Waals surface area contributed by atoms with Crippen molar-refractivity contribution in [1.29, 1.82) is 0 Å². The van der Waals surface area contributed by atoms with Crippen LogP contribution in [0.2, 0.25) is 0 Å². The first-order valence-corrected chi connectivity index (χ1v) is 9.21. The summed E-state index contributed by atoms with van der Waals surface area (Å²) in [5, 5.41) is 10.3. The van der Waals surface area contributed by atoms with Crippen LogP contribution in [0.5, 0.6) is 0 Å². The van der Waals surface area contributed by atoms with Crippen LogP contribution < -0.4 is 16.0 Å². The van der Waals surface area contributed by atoms with Crippen LogP contribution in [-0.2, 0) is 4.79 Å². The molecule has 3 fully saturated rings. The number of piperidine rings is 1. The van der Waals surface area contributed by atoms with E-state index in [1.165, 1.54) is 38.5 Å². The lowest BCUT2D eigenvalue weighted by molar-refractivity contribution is -0.118. The molecule has 3 atom stereocenters. The first-order valence-electron chi connectivity index (χ1n) is 9.21. The number of carbonyl (C=O) groups is 1. The van der Waals surface area contributed by atoms with Gasteiger partial charge in [0.15, 0.2) is 0 Å². The van der Waals surface area contributed by atoms with E-state index in [9.17, 15) is 4.79 Å². The van der Waals surface area contributed by atoms with E-state index in [4.69, 9.17) is 0 Å². The highest BCUT2D eigenvalue weighted by molar-refractivity contribution is 5.93. The Kier molecular flexibility index (Phi) is 4.40. The van der Waals surface area contributed by atoms with E-state index < -0.39 is 0 Å². The summed E-state index contributed by atoms with van der Waals surface area (Å²) >= 11 is 0. The summed E-state index contributed by atoms with van der Waals surface area (Å²) < 4.78 is 0. The number of amides is 1. The first kappa shape index (κ1) is 15.2. The molecule has 2 saturated heterocycles. The van der Waals surface area contributed by atoms with Gasteiger partial charge in [0.25, 0.3) is 5.91 Å². The summed E-state index contributed by atoms with van der Waals surface area (Å²) in [7, 11) is 0. The molecule has 4 rings (SSSR count). The largest absolute Gasteiger partial charge is 0.362 e. The van der Waals surface area contributed by atoms with E-state index in [2.05, 4.69) is 26.9 Å². The van der Waals surface area contributed by atoms with Gasteiger partial charge in [-0.3, -0.25) is 9.69 Å². The Balaban J connectivity index is 1.35. The molecular formula is C18H28N4O. The number of carbonyl (C=O) groups excluding carboxylic acids is 1. The Morgan fingerprint density at radius 3 is 2.96 bits per heavy atom. The van der Waals surface area contributed by atoms with Crippen LogP contribution in [0.1, 0.15) is 38.5 Å². The molecule has 3 aliphatic heterocycles. The molecule has 5 heteroatoms. The second kappa shape index (κ2) is 6.65. The van der Waals surface area contributed by atoms with Crippen molar-refractivity contribution in [3.8, 4) is 0 Å². The minimum atomic E-state index is 0.0398. The van der Waals surface area contributed by atoms with Crippen molar-refractivity contribution in [2.75, 3.05) is 19.6 Å². The molecule has 126 valence electrons. The molecule has 0 radical (unpaired) electrons. The fourth-order valence-electron chi connectivity index (χ4n) is 3.95. The normalized spacial score (nSPS) is 34.3. The minimum absolute atomic E-state index is 0.0398. The fourth-order valence-corrected chi connectivity index (χ4v) is 3.95. The van der Waals surface area contributed by atoms with Gasteiger partial charge in [-0.2, -0.15) is 0 Å². The number of nitrogens with zero attached hydrogens (tertiary/aromatic N) is 1. The molecule has 4 aliphatic rings. The zero-order valence-electron chi connectivity index (χ0n) is 13.8. The third-order valence-corrected chi connectivity index (χ3v) is 5.54. The van der Waals surface area contributed by atoms with Crippen LogP contribution in [-0.4, -0.2) is 48.7 Å². The number of hydrogen-bond donors (Lipinski definition) is 3. The minimum Gasteiger partial charge on any atom is -0.362 e. The van der Waals surface area contributed by atoms with Crippen LogP contribution >= 0.6 is 0 Å². The maximum Gasteiger partial charge on any atom is 0.267 e. The highest BCUT2D eigenvalue weighted by atomic mass is 16.2. The fraction of sp³-hybridized carbons (Fsp3) is 0.722. The summed E-state index contributed by atoms with van der Waals surface area (Å²) in [5.74, 6) is 0.753. The Morgan fingerprint density at radius 1 is 1.22 bits per heavy atom. The average Bonchev–Trinajstić information content (AvgIpc) is 3.41. The number of fused-ring (bicyclic) bond motifs is 2. The predicted octanol–water partition coefficient (Wildman–Crippen LogP) is 1.10. The topological polar surface area (TPSA) is 56.4 Å². The highest BCUT2D eigenvalue weighted by Crippen LogP contribution is 2.27. The monoisotopic (exact) mass is 316 g/mol. The number of hydrogen-bond acceptors (Lipinski definition) is 4. The van der Waals surface area contributed by atoms with Crippen LogP contribution in [0.3, 0.4) is 0 Å². The molecule has 1 aliphatic carbocycles. The molecule has 1 amide bonds. The number of nitrogens with one attached hydrogen (secondary N) is 3. The zero-order chi connectivity index (χ0) is 15.6. The van der Waals surface area contributed by atoms with E-state index in [-0.39, 0.29) is 12.1 Å². The number of rotatable bonds is 4. The molecule has 0 aromatic carbocycles. The molecule has 5 nitrogen and oxygen atoms in total. The molecular weight excluding hydrogens is 288 g/mol. The van der Waals surface area contributed by atoms with E-state index >= 15 is 0 Å². The van der Waals surface area contributed by atoms with Crippen molar-refractivity contribution in [1.82, 2.24) is 20.9 Å². The van der Waals surface area contributed by atoms with Crippen molar-refractivity contribution < 1.29 is 4.79 Å². The summed E-state index contributed by atoms with van der Waals surface area (Å²) in [6.07, 6.45) is 13.9. The lowest BCUT2D eigenvalue weighted by atomic mass is 9.98. The van der Waals surface area contributed by atoms with Crippen LogP contribution in [0.4, 0.5) is 0 Å². The van der Waals surface area contributed by atoms with Gasteiger partial charge >= 0.3 is 0 Å². The summed E-state index contributed by atoms with van der Waals surface area (Å²) in [5.41, 5.74) is 0.707. The lowest BCUT2D eigenvalue weighted by Crippen LogP contribution is -2.51. The Morgan fingerprint density at radius 2 is 2.09 bits per heavy atom. The SMILES string of the molecule is O=C(NCC1CC1)C1=CC=CC(N2CCC3CCCC(C2)N3)N1. The molecule has 1 saturated carbocycles. The molecule has 0 aromatic heterocycles. The molecule has 3 unspecified atom stereocenters. The molecule has 0 spiro atoms. The van der Waals surface area contributed by atoms with Gasteiger partial charge in [0, 0.05) is 31.7 Å².